The van der Waals surface area contributed by atoms with Crippen LogP contribution in [0.25, 0.3) is 0 Å². The van der Waals surface area contributed by atoms with Crippen molar-refractivity contribution in [2.45, 2.75) is 44.6 Å². The minimum absolute atomic E-state index is 0.0421. The van der Waals surface area contributed by atoms with Crippen molar-refractivity contribution in [1.29, 1.82) is 0 Å². The maximum absolute atomic E-state index is 12.8. The summed E-state index contributed by atoms with van der Waals surface area (Å²) in [5.74, 6) is 0.647. The average Bonchev–Trinajstić information content (AvgIpc) is 2.48. The Bertz CT molecular complexity index is 433. The number of carbonyl (C=O) groups is 1. The van der Waals surface area contributed by atoms with Gasteiger partial charge in [0, 0.05) is 18.4 Å². The van der Waals surface area contributed by atoms with Crippen LogP contribution in [0.1, 0.15) is 49.4 Å². The molecule has 4 heteroatoms. The van der Waals surface area contributed by atoms with E-state index in [1.165, 1.54) is 6.42 Å². The molecule has 2 rings (SSSR count). The van der Waals surface area contributed by atoms with E-state index < -0.39 is 5.60 Å². The molecule has 4 nitrogen and oxygen atoms in total. The van der Waals surface area contributed by atoms with Crippen LogP contribution in [0.2, 0.25) is 0 Å². The number of aromatic nitrogens is 1. The molecule has 0 bridgehead atoms. The van der Waals surface area contributed by atoms with Crippen molar-refractivity contribution in [1.82, 2.24) is 4.98 Å². The Balaban J connectivity index is 2.27. The van der Waals surface area contributed by atoms with E-state index in [1.807, 2.05) is 6.92 Å². The fraction of sp³-hybridized carbons (Fsp3) is 0.600. The molecule has 0 atom stereocenters. The molecule has 104 valence electrons. The van der Waals surface area contributed by atoms with Crippen molar-refractivity contribution in [2.75, 3.05) is 13.7 Å². The maximum atomic E-state index is 12.8. The third kappa shape index (κ3) is 2.95. The summed E-state index contributed by atoms with van der Waals surface area (Å²) in [5, 5.41) is 0. The molecule has 1 aromatic heterocycles. The molecule has 1 saturated carbocycles. The van der Waals surface area contributed by atoms with Crippen LogP contribution in [0, 0.1) is 0 Å². The normalized spacial score (nSPS) is 18.0. The number of pyridine rings is 1. The van der Waals surface area contributed by atoms with E-state index in [2.05, 4.69) is 4.98 Å². The minimum Gasteiger partial charge on any atom is -0.495 e. The lowest BCUT2D eigenvalue weighted by atomic mass is 9.79. The van der Waals surface area contributed by atoms with Crippen molar-refractivity contribution < 1.29 is 14.3 Å². The molecular formula is C15H21NO3. The quantitative estimate of drug-likeness (QED) is 0.766. The first-order valence-electron chi connectivity index (χ1n) is 6.89. The average molecular weight is 263 g/mol. The predicted molar refractivity (Wildman–Crippen MR) is 72.6 cm³/mol. The standard InChI is InChI=1S/C15H21NO3/c1-3-19-15(7-5-4-6-8-15)14(17)12-9-13(18-2)11-16-10-12/h9-11H,3-8H2,1-2H3. The number of Topliss-reactive ketones (excluding diaryl/α,β-unsaturated/α-hetero) is 1. The molecule has 0 N–H and O–H groups in total. The Morgan fingerprint density at radius 1 is 1.32 bits per heavy atom. The number of hydrogen-bond acceptors (Lipinski definition) is 4. The van der Waals surface area contributed by atoms with Gasteiger partial charge in [-0.05, 0) is 25.8 Å². The highest BCUT2D eigenvalue weighted by Crippen LogP contribution is 2.35. The molecule has 1 aromatic rings. The predicted octanol–water partition coefficient (Wildman–Crippen LogP) is 3.01. The fourth-order valence-electron chi connectivity index (χ4n) is 2.75. The van der Waals surface area contributed by atoms with Crippen molar-refractivity contribution >= 4 is 5.78 Å². The fourth-order valence-corrected chi connectivity index (χ4v) is 2.75. The van der Waals surface area contributed by atoms with E-state index in [1.54, 1.807) is 25.6 Å². The van der Waals surface area contributed by atoms with E-state index in [4.69, 9.17) is 9.47 Å². The molecule has 0 spiro atoms. The molecule has 0 unspecified atom stereocenters. The van der Waals surface area contributed by atoms with Crippen LogP contribution < -0.4 is 4.74 Å². The lowest BCUT2D eigenvalue weighted by molar-refractivity contribution is -0.0411. The highest BCUT2D eigenvalue weighted by atomic mass is 16.5. The van der Waals surface area contributed by atoms with E-state index in [0.29, 0.717) is 17.9 Å². The minimum atomic E-state index is -0.652. The topological polar surface area (TPSA) is 48.4 Å². The van der Waals surface area contributed by atoms with Gasteiger partial charge in [0.1, 0.15) is 11.4 Å². The first-order chi connectivity index (χ1) is 9.22. The van der Waals surface area contributed by atoms with Gasteiger partial charge in [0.25, 0.3) is 0 Å². The molecule has 1 fully saturated rings. The van der Waals surface area contributed by atoms with Crippen LogP contribution in [0.15, 0.2) is 18.5 Å². The monoisotopic (exact) mass is 263 g/mol. The van der Waals surface area contributed by atoms with Crippen LogP contribution in [-0.4, -0.2) is 30.1 Å². The zero-order valence-electron chi connectivity index (χ0n) is 11.6. The van der Waals surface area contributed by atoms with Gasteiger partial charge in [-0.1, -0.05) is 19.3 Å². The molecule has 0 aromatic carbocycles. The van der Waals surface area contributed by atoms with Gasteiger partial charge in [0.05, 0.1) is 13.3 Å². The molecule has 1 aliphatic carbocycles. The third-order valence-corrected chi connectivity index (χ3v) is 3.71. The van der Waals surface area contributed by atoms with Gasteiger partial charge in [-0.2, -0.15) is 0 Å². The Morgan fingerprint density at radius 2 is 2.05 bits per heavy atom. The molecule has 0 amide bonds. The van der Waals surface area contributed by atoms with E-state index in [-0.39, 0.29) is 5.78 Å². The van der Waals surface area contributed by atoms with E-state index in [0.717, 1.165) is 25.7 Å². The number of ketones is 1. The molecule has 1 aliphatic rings. The van der Waals surface area contributed by atoms with Crippen LogP contribution in [-0.2, 0) is 4.74 Å². The SMILES string of the molecule is CCOC1(C(=O)c2cncc(OC)c2)CCCCC1. The lowest BCUT2D eigenvalue weighted by Gasteiger charge is -2.35. The first-order valence-corrected chi connectivity index (χ1v) is 6.89. The lowest BCUT2D eigenvalue weighted by Crippen LogP contribution is -2.43. The number of hydrogen-bond donors (Lipinski definition) is 0. The third-order valence-electron chi connectivity index (χ3n) is 3.71. The van der Waals surface area contributed by atoms with Crippen LogP contribution in [0.4, 0.5) is 0 Å². The van der Waals surface area contributed by atoms with E-state index >= 15 is 0 Å². The summed E-state index contributed by atoms with van der Waals surface area (Å²) >= 11 is 0. The van der Waals surface area contributed by atoms with Crippen molar-refractivity contribution in [2.24, 2.45) is 0 Å². The Labute approximate surface area is 114 Å². The summed E-state index contributed by atoms with van der Waals surface area (Å²) in [6.07, 6.45) is 8.07. The summed E-state index contributed by atoms with van der Waals surface area (Å²) in [5.41, 5.74) is -0.0733. The molecule has 1 heterocycles. The van der Waals surface area contributed by atoms with Gasteiger partial charge in [-0.15, -0.1) is 0 Å². The van der Waals surface area contributed by atoms with Gasteiger partial charge in [0.2, 0.25) is 0 Å². The van der Waals surface area contributed by atoms with E-state index in [9.17, 15) is 4.79 Å². The zero-order chi connectivity index (χ0) is 13.7. The summed E-state index contributed by atoms with van der Waals surface area (Å²) in [7, 11) is 1.57. The molecule has 0 saturated heterocycles. The molecule has 0 aliphatic heterocycles. The van der Waals surface area contributed by atoms with Crippen LogP contribution in [0.5, 0.6) is 5.75 Å². The summed E-state index contributed by atoms with van der Waals surface area (Å²) in [6.45, 7) is 2.50. The zero-order valence-corrected chi connectivity index (χ0v) is 11.6. The summed E-state index contributed by atoms with van der Waals surface area (Å²) < 4.78 is 11.0. The highest BCUT2D eigenvalue weighted by Gasteiger charge is 2.40. The molecular weight excluding hydrogens is 242 g/mol. The van der Waals surface area contributed by atoms with Gasteiger partial charge in [-0.25, -0.2) is 0 Å². The van der Waals surface area contributed by atoms with Gasteiger partial charge in [0.15, 0.2) is 5.78 Å². The Kier molecular flexibility index (Phi) is 4.53. The summed E-state index contributed by atoms with van der Waals surface area (Å²) in [6, 6.07) is 1.74. The summed E-state index contributed by atoms with van der Waals surface area (Å²) in [4.78, 5) is 16.8. The first kappa shape index (κ1) is 14.0. The number of carbonyl (C=O) groups excluding carboxylic acids is 1. The number of rotatable bonds is 5. The smallest absolute Gasteiger partial charge is 0.196 e. The van der Waals surface area contributed by atoms with Gasteiger partial charge < -0.3 is 9.47 Å². The van der Waals surface area contributed by atoms with Crippen molar-refractivity contribution in [3.05, 3.63) is 24.0 Å². The Hall–Kier alpha value is -1.42. The second kappa shape index (κ2) is 6.15. The van der Waals surface area contributed by atoms with Crippen molar-refractivity contribution in [3.63, 3.8) is 0 Å². The second-order valence-corrected chi connectivity index (χ2v) is 4.93. The van der Waals surface area contributed by atoms with Crippen LogP contribution >= 0.6 is 0 Å². The number of ether oxygens (including phenoxy) is 2. The molecule has 0 radical (unpaired) electrons. The second-order valence-electron chi connectivity index (χ2n) is 4.93. The van der Waals surface area contributed by atoms with Crippen molar-refractivity contribution in [3.8, 4) is 5.75 Å². The maximum Gasteiger partial charge on any atom is 0.196 e. The van der Waals surface area contributed by atoms with Crippen LogP contribution in [0.3, 0.4) is 0 Å². The number of nitrogens with zero attached hydrogens (tertiary/aromatic N) is 1. The van der Waals surface area contributed by atoms with Gasteiger partial charge in [-0.3, -0.25) is 9.78 Å². The molecule has 19 heavy (non-hydrogen) atoms. The largest absolute Gasteiger partial charge is 0.495 e. The Morgan fingerprint density at radius 3 is 2.68 bits per heavy atom. The van der Waals surface area contributed by atoms with Gasteiger partial charge >= 0.3 is 0 Å². The number of methoxy groups -OCH3 is 1. The highest BCUT2D eigenvalue weighted by molar-refractivity contribution is 6.02.